The normalized spacial score (nSPS) is 10.0. The second kappa shape index (κ2) is 3.42. The van der Waals surface area contributed by atoms with Gasteiger partial charge in [0.25, 0.3) is 0 Å². The van der Waals surface area contributed by atoms with Crippen LogP contribution in [0.1, 0.15) is 30.2 Å². The molecule has 0 bridgehead atoms. The molecule has 0 fully saturated rings. The summed E-state index contributed by atoms with van der Waals surface area (Å²) in [5.74, 6) is 0. The highest BCUT2D eigenvalue weighted by Gasteiger charge is 2.02. The van der Waals surface area contributed by atoms with E-state index in [-0.39, 0.29) is 0 Å². The highest BCUT2D eigenvalue weighted by atomic mass is 14.7. The number of hydrogen-bond acceptors (Lipinski definition) is 0. The third-order valence-electron chi connectivity index (χ3n) is 1.94. The van der Waals surface area contributed by atoms with Crippen LogP contribution >= 0.6 is 0 Å². The smallest absolute Gasteiger partial charge is 0.0191 e. The van der Waals surface area contributed by atoms with Crippen molar-refractivity contribution in [3.63, 3.8) is 0 Å². The van der Waals surface area contributed by atoms with Crippen molar-refractivity contribution in [3.05, 3.63) is 29.6 Å². The van der Waals surface area contributed by atoms with Crippen LogP contribution in [0.4, 0.5) is 0 Å². The maximum absolute atomic E-state index is 3.79. The van der Waals surface area contributed by atoms with Crippen molar-refractivity contribution in [2.45, 2.75) is 26.7 Å². The molecule has 0 aliphatic heterocycles. The number of nitrogens with one attached hydrogen (secondary N) is 1. The van der Waals surface area contributed by atoms with Gasteiger partial charge in [-0.05, 0) is 24.5 Å². The number of rotatable bonds is 3. The Morgan fingerprint density at radius 2 is 2.36 bits per heavy atom. The van der Waals surface area contributed by atoms with E-state index in [9.17, 15) is 0 Å². The fourth-order valence-electron chi connectivity index (χ4n) is 1.35. The van der Waals surface area contributed by atoms with Crippen molar-refractivity contribution < 1.29 is 0 Å². The molecule has 0 unspecified atom stereocenters. The van der Waals surface area contributed by atoms with Gasteiger partial charge < -0.3 is 4.98 Å². The Kier molecular flexibility index (Phi) is 2.53. The molecule has 1 nitrogen and oxygen atoms in total. The van der Waals surface area contributed by atoms with Gasteiger partial charge in [-0.1, -0.05) is 26.0 Å². The second-order valence-corrected chi connectivity index (χ2v) is 2.81. The first-order chi connectivity index (χ1) is 5.29. The summed E-state index contributed by atoms with van der Waals surface area (Å²) in [7, 11) is 0. The lowest BCUT2D eigenvalue weighted by atomic mass is 10.1. The van der Waals surface area contributed by atoms with E-state index in [2.05, 4.69) is 31.6 Å². The van der Waals surface area contributed by atoms with Crippen molar-refractivity contribution >= 4 is 6.08 Å². The fourth-order valence-corrected chi connectivity index (χ4v) is 1.35. The van der Waals surface area contributed by atoms with E-state index in [0.29, 0.717) is 0 Å². The summed E-state index contributed by atoms with van der Waals surface area (Å²) in [6, 6.07) is 0. The summed E-state index contributed by atoms with van der Waals surface area (Å²) in [6.45, 7) is 8.06. The van der Waals surface area contributed by atoms with Gasteiger partial charge in [-0.25, -0.2) is 0 Å². The summed E-state index contributed by atoms with van der Waals surface area (Å²) in [5, 5.41) is 0. The van der Waals surface area contributed by atoms with Crippen LogP contribution in [-0.4, -0.2) is 4.98 Å². The van der Waals surface area contributed by atoms with Gasteiger partial charge in [0.05, 0.1) is 0 Å². The summed E-state index contributed by atoms with van der Waals surface area (Å²) in [5.41, 5.74) is 3.90. The fraction of sp³-hybridized carbons (Fsp3) is 0.400. The standard InChI is InChI=1S/C10H15N/c1-4-6-9-7-11-8(3)10(9)5-2/h5,7,11H,2,4,6H2,1,3H3. The van der Waals surface area contributed by atoms with E-state index in [1.165, 1.54) is 23.2 Å². The summed E-state index contributed by atoms with van der Waals surface area (Å²) in [6.07, 6.45) is 6.34. The molecule has 11 heavy (non-hydrogen) atoms. The van der Waals surface area contributed by atoms with Gasteiger partial charge in [0, 0.05) is 11.9 Å². The monoisotopic (exact) mass is 149 g/mol. The van der Waals surface area contributed by atoms with E-state index >= 15 is 0 Å². The number of aromatic nitrogens is 1. The van der Waals surface area contributed by atoms with Gasteiger partial charge in [0.1, 0.15) is 0 Å². The average molecular weight is 149 g/mol. The Labute approximate surface area is 68.1 Å². The van der Waals surface area contributed by atoms with E-state index in [1.807, 2.05) is 6.08 Å². The molecule has 1 N–H and O–H groups in total. The van der Waals surface area contributed by atoms with Gasteiger partial charge >= 0.3 is 0 Å². The quantitative estimate of drug-likeness (QED) is 0.680. The molecule has 0 saturated carbocycles. The molecule has 1 heterocycles. The van der Waals surface area contributed by atoms with E-state index in [0.717, 1.165) is 6.42 Å². The third kappa shape index (κ3) is 1.53. The predicted octanol–water partition coefficient (Wildman–Crippen LogP) is 2.92. The molecule has 0 spiro atoms. The molecule has 0 radical (unpaired) electrons. The lowest BCUT2D eigenvalue weighted by molar-refractivity contribution is 0.921. The zero-order valence-electron chi connectivity index (χ0n) is 7.28. The predicted molar refractivity (Wildman–Crippen MR) is 49.6 cm³/mol. The summed E-state index contributed by atoms with van der Waals surface area (Å²) >= 11 is 0. The highest BCUT2D eigenvalue weighted by molar-refractivity contribution is 5.54. The summed E-state index contributed by atoms with van der Waals surface area (Å²) < 4.78 is 0. The van der Waals surface area contributed by atoms with Crippen molar-refractivity contribution in [1.29, 1.82) is 0 Å². The SMILES string of the molecule is C=Cc1c(CCC)c[nH]c1C. The van der Waals surface area contributed by atoms with Crippen LogP contribution in [-0.2, 0) is 6.42 Å². The van der Waals surface area contributed by atoms with E-state index < -0.39 is 0 Å². The highest BCUT2D eigenvalue weighted by Crippen LogP contribution is 2.15. The molecular formula is C10H15N. The lowest BCUT2D eigenvalue weighted by Gasteiger charge is -1.96. The Morgan fingerprint density at radius 1 is 1.64 bits per heavy atom. The zero-order valence-corrected chi connectivity index (χ0v) is 7.28. The molecule has 1 rings (SSSR count). The molecule has 60 valence electrons. The molecular weight excluding hydrogens is 134 g/mol. The van der Waals surface area contributed by atoms with Gasteiger partial charge in [0.15, 0.2) is 0 Å². The molecule has 0 atom stereocenters. The van der Waals surface area contributed by atoms with Crippen molar-refractivity contribution in [1.82, 2.24) is 4.98 Å². The van der Waals surface area contributed by atoms with Crippen LogP contribution in [0.2, 0.25) is 0 Å². The molecule has 1 aromatic heterocycles. The molecule has 0 saturated heterocycles. The van der Waals surface area contributed by atoms with Crippen LogP contribution < -0.4 is 0 Å². The van der Waals surface area contributed by atoms with Crippen LogP contribution in [0.25, 0.3) is 6.08 Å². The minimum Gasteiger partial charge on any atom is -0.364 e. The van der Waals surface area contributed by atoms with Crippen LogP contribution in [0.15, 0.2) is 12.8 Å². The van der Waals surface area contributed by atoms with Gasteiger partial charge in [-0.3, -0.25) is 0 Å². The minimum absolute atomic E-state index is 1.14. The summed E-state index contributed by atoms with van der Waals surface area (Å²) in [4.78, 5) is 3.20. The minimum atomic E-state index is 1.14. The van der Waals surface area contributed by atoms with Crippen LogP contribution in [0.3, 0.4) is 0 Å². The third-order valence-corrected chi connectivity index (χ3v) is 1.94. The van der Waals surface area contributed by atoms with Crippen molar-refractivity contribution in [3.8, 4) is 0 Å². The van der Waals surface area contributed by atoms with Gasteiger partial charge in [-0.15, -0.1) is 0 Å². The van der Waals surface area contributed by atoms with Crippen molar-refractivity contribution in [2.24, 2.45) is 0 Å². The second-order valence-electron chi connectivity index (χ2n) is 2.81. The average Bonchev–Trinajstić information content (AvgIpc) is 2.33. The number of H-pyrrole nitrogens is 1. The molecule has 0 aromatic carbocycles. The lowest BCUT2D eigenvalue weighted by Crippen LogP contribution is -1.82. The Hall–Kier alpha value is -0.980. The van der Waals surface area contributed by atoms with E-state index in [4.69, 9.17) is 0 Å². The molecule has 0 amide bonds. The first-order valence-electron chi connectivity index (χ1n) is 4.08. The Balaban J connectivity index is 2.95. The van der Waals surface area contributed by atoms with Crippen LogP contribution in [0.5, 0.6) is 0 Å². The first-order valence-corrected chi connectivity index (χ1v) is 4.08. The number of hydrogen-bond donors (Lipinski definition) is 1. The van der Waals surface area contributed by atoms with Gasteiger partial charge in [0.2, 0.25) is 0 Å². The van der Waals surface area contributed by atoms with Crippen molar-refractivity contribution in [2.75, 3.05) is 0 Å². The topological polar surface area (TPSA) is 15.8 Å². The Bertz CT molecular complexity index is 245. The van der Waals surface area contributed by atoms with E-state index in [1.54, 1.807) is 0 Å². The zero-order chi connectivity index (χ0) is 8.27. The maximum Gasteiger partial charge on any atom is 0.0191 e. The molecule has 1 heteroatoms. The maximum atomic E-state index is 3.79. The van der Waals surface area contributed by atoms with Gasteiger partial charge in [-0.2, -0.15) is 0 Å². The number of aromatic amines is 1. The molecule has 1 aromatic rings. The molecule has 0 aliphatic rings. The first kappa shape index (κ1) is 8.12. The molecule has 0 aliphatic carbocycles. The largest absolute Gasteiger partial charge is 0.364 e. The number of aryl methyl sites for hydroxylation is 2. The van der Waals surface area contributed by atoms with Crippen LogP contribution in [0, 0.1) is 6.92 Å². The Morgan fingerprint density at radius 3 is 2.91 bits per heavy atom.